The van der Waals surface area contributed by atoms with E-state index in [9.17, 15) is 16.8 Å². The smallest absolute Gasteiger partial charge is 0.179 e. The fourth-order valence-corrected chi connectivity index (χ4v) is 4.42. The monoisotopic (exact) mass is 396 g/mol. The third-order valence-corrected chi connectivity index (χ3v) is 6.25. The zero-order valence-electron chi connectivity index (χ0n) is 14.9. The van der Waals surface area contributed by atoms with Crippen LogP contribution in [0.15, 0.2) is 46.2 Å². The number of hydrogen-bond donors (Lipinski definition) is 0. The minimum atomic E-state index is -3.70. The zero-order valence-corrected chi connectivity index (χ0v) is 16.6. The number of fused-ring (bicyclic) bond motifs is 1. The van der Waals surface area contributed by atoms with Crippen LogP contribution in [0.5, 0.6) is 17.2 Å². The summed E-state index contributed by atoms with van der Waals surface area (Å²) in [6, 6.07) is 9.23. The third-order valence-electron chi connectivity index (χ3n) is 4.02. The highest BCUT2D eigenvalue weighted by Crippen LogP contribution is 2.44. The molecule has 26 heavy (non-hydrogen) atoms. The van der Waals surface area contributed by atoms with Gasteiger partial charge < -0.3 is 9.47 Å². The molecule has 6 nitrogen and oxygen atoms in total. The average Bonchev–Trinajstić information content (AvgIpc) is 2.80. The summed E-state index contributed by atoms with van der Waals surface area (Å²) in [7, 11) is -7.25. The lowest BCUT2D eigenvalue weighted by atomic mass is 10.0. The molecule has 0 saturated heterocycles. The summed E-state index contributed by atoms with van der Waals surface area (Å²) in [6.45, 7) is 3.92. The van der Waals surface area contributed by atoms with E-state index in [0.717, 1.165) is 24.1 Å². The summed E-state index contributed by atoms with van der Waals surface area (Å²) >= 11 is 0. The van der Waals surface area contributed by atoms with Crippen LogP contribution in [0.1, 0.15) is 19.4 Å². The van der Waals surface area contributed by atoms with Crippen LogP contribution in [-0.4, -0.2) is 34.9 Å². The molecule has 0 spiro atoms. The van der Waals surface area contributed by atoms with Gasteiger partial charge in [0.05, 0.1) is 4.90 Å². The van der Waals surface area contributed by atoms with Crippen molar-refractivity contribution in [3.8, 4) is 17.2 Å². The van der Waals surface area contributed by atoms with E-state index in [1.807, 2.05) is 26.0 Å². The summed E-state index contributed by atoms with van der Waals surface area (Å²) < 4.78 is 59.6. The third kappa shape index (κ3) is 3.71. The minimum absolute atomic E-state index is 0.0570. The van der Waals surface area contributed by atoms with Crippen molar-refractivity contribution in [3.63, 3.8) is 0 Å². The van der Waals surface area contributed by atoms with Gasteiger partial charge in [-0.25, -0.2) is 16.8 Å². The summed E-state index contributed by atoms with van der Waals surface area (Å²) in [4.78, 5) is -0.267. The van der Waals surface area contributed by atoms with Crippen molar-refractivity contribution in [2.45, 2.75) is 35.7 Å². The second-order valence-electron chi connectivity index (χ2n) is 7.04. The van der Waals surface area contributed by atoms with Crippen LogP contribution in [0, 0.1) is 0 Å². The SMILES string of the molecule is CC1(C)Cc2cccc(Oc3ccc(S(C)(=O)=O)cc3S(C)(=O)=O)c2O1. The molecule has 0 radical (unpaired) electrons. The molecule has 140 valence electrons. The Morgan fingerprint density at radius 3 is 2.27 bits per heavy atom. The van der Waals surface area contributed by atoms with Gasteiger partial charge in [-0.05, 0) is 38.1 Å². The Morgan fingerprint density at radius 2 is 1.65 bits per heavy atom. The molecule has 0 atom stereocenters. The van der Waals surface area contributed by atoms with E-state index in [2.05, 4.69) is 0 Å². The zero-order chi connectivity index (χ0) is 19.3. The maximum absolute atomic E-state index is 12.2. The first-order valence-corrected chi connectivity index (χ1v) is 11.7. The molecule has 2 aromatic carbocycles. The Kier molecular flexibility index (Phi) is 4.31. The topological polar surface area (TPSA) is 86.7 Å². The molecule has 0 aliphatic carbocycles. The van der Waals surface area contributed by atoms with Crippen LogP contribution in [0.3, 0.4) is 0 Å². The highest BCUT2D eigenvalue weighted by Gasteiger charge is 2.32. The Hall–Kier alpha value is -2.06. The molecular weight excluding hydrogens is 376 g/mol. The Morgan fingerprint density at radius 1 is 0.962 bits per heavy atom. The van der Waals surface area contributed by atoms with Crippen molar-refractivity contribution in [2.75, 3.05) is 12.5 Å². The highest BCUT2D eigenvalue weighted by atomic mass is 32.2. The lowest BCUT2D eigenvalue weighted by Crippen LogP contribution is -2.24. The van der Waals surface area contributed by atoms with E-state index in [4.69, 9.17) is 9.47 Å². The molecule has 0 amide bonds. The molecular formula is C18H20O6S2. The summed E-state index contributed by atoms with van der Waals surface area (Å²) in [6.07, 6.45) is 2.75. The van der Waals surface area contributed by atoms with E-state index >= 15 is 0 Å². The van der Waals surface area contributed by atoms with Gasteiger partial charge >= 0.3 is 0 Å². The predicted molar refractivity (Wildman–Crippen MR) is 97.6 cm³/mol. The molecule has 1 heterocycles. The van der Waals surface area contributed by atoms with Gasteiger partial charge in [0, 0.05) is 24.5 Å². The summed E-state index contributed by atoms with van der Waals surface area (Å²) in [5.74, 6) is 1.02. The first-order chi connectivity index (χ1) is 11.9. The number of ether oxygens (including phenoxy) is 2. The number of benzene rings is 2. The Bertz CT molecular complexity index is 1080. The lowest BCUT2D eigenvalue weighted by molar-refractivity contribution is 0.135. The molecule has 3 rings (SSSR count). The fraction of sp³-hybridized carbons (Fsp3) is 0.333. The number of hydrogen-bond acceptors (Lipinski definition) is 6. The van der Waals surface area contributed by atoms with Crippen LogP contribution >= 0.6 is 0 Å². The molecule has 0 unspecified atom stereocenters. The van der Waals surface area contributed by atoms with Crippen molar-refractivity contribution in [1.82, 2.24) is 0 Å². The summed E-state index contributed by atoms with van der Waals surface area (Å²) in [5.41, 5.74) is 0.600. The second-order valence-corrected chi connectivity index (χ2v) is 11.0. The van der Waals surface area contributed by atoms with Crippen LogP contribution in [0.2, 0.25) is 0 Å². The van der Waals surface area contributed by atoms with E-state index in [1.54, 1.807) is 6.07 Å². The van der Waals surface area contributed by atoms with E-state index < -0.39 is 19.7 Å². The van der Waals surface area contributed by atoms with E-state index in [1.165, 1.54) is 12.1 Å². The van der Waals surface area contributed by atoms with Gasteiger partial charge in [-0.2, -0.15) is 0 Å². The Balaban J connectivity index is 2.09. The normalized spacial score (nSPS) is 16.0. The maximum atomic E-state index is 12.2. The van der Waals surface area contributed by atoms with Crippen molar-refractivity contribution in [1.29, 1.82) is 0 Å². The Labute approximate surface area is 153 Å². The van der Waals surface area contributed by atoms with Crippen LogP contribution < -0.4 is 9.47 Å². The summed E-state index contributed by atoms with van der Waals surface area (Å²) in [5, 5.41) is 0. The number of sulfone groups is 2. The lowest BCUT2D eigenvalue weighted by Gasteiger charge is -2.18. The van der Waals surface area contributed by atoms with Gasteiger partial charge in [0.15, 0.2) is 31.2 Å². The predicted octanol–water partition coefficient (Wildman–Crippen LogP) is 3.00. The molecule has 0 N–H and O–H groups in total. The first-order valence-electron chi connectivity index (χ1n) is 7.90. The molecule has 0 bridgehead atoms. The van der Waals surface area contributed by atoms with Gasteiger partial charge in [0.1, 0.15) is 16.2 Å². The average molecular weight is 396 g/mol. The van der Waals surface area contributed by atoms with Crippen molar-refractivity contribution >= 4 is 19.7 Å². The second kappa shape index (κ2) is 5.99. The molecule has 8 heteroatoms. The van der Waals surface area contributed by atoms with E-state index in [-0.39, 0.29) is 21.1 Å². The highest BCUT2D eigenvalue weighted by molar-refractivity contribution is 7.91. The van der Waals surface area contributed by atoms with Crippen molar-refractivity contribution in [2.24, 2.45) is 0 Å². The molecule has 0 aromatic heterocycles. The van der Waals surface area contributed by atoms with Gasteiger partial charge in [0.2, 0.25) is 0 Å². The van der Waals surface area contributed by atoms with Crippen molar-refractivity contribution < 1.29 is 26.3 Å². The van der Waals surface area contributed by atoms with Crippen LogP contribution in [-0.2, 0) is 26.1 Å². The quantitative estimate of drug-likeness (QED) is 0.790. The molecule has 1 aliphatic rings. The largest absolute Gasteiger partial charge is 0.483 e. The van der Waals surface area contributed by atoms with Gasteiger partial charge in [-0.1, -0.05) is 12.1 Å². The van der Waals surface area contributed by atoms with Gasteiger partial charge in [0.25, 0.3) is 0 Å². The molecule has 2 aromatic rings. The van der Waals surface area contributed by atoms with Gasteiger partial charge in [-0.3, -0.25) is 0 Å². The van der Waals surface area contributed by atoms with Crippen LogP contribution in [0.25, 0.3) is 0 Å². The fourth-order valence-electron chi connectivity index (χ4n) is 2.88. The van der Waals surface area contributed by atoms with E-state index in [0.29, 0.717) is 17.9 Å². The number of rotatable bonds is 4. The first kappa shape index (κ1) is 18.7. The molecule has 1 aliphatic heterocycles. The number of para-hydroxylation sites is 1. The molecule has 0 fully saturated rings. The maximum Gasteiger partial charge on any atom is 0.179 e. The van der Waals surface area contributed by atoms with Crippen molar-refractivity contribution in [3.05, 3.63) is 42.0 Å². The van der Waals surface area contributed by atoms with Crippen LogP contribution in [0.4, 0.5) is 0 Å². The standard InChI is InChI=1S/C18H20O6S2/c1-18(2)11-12-6-5-7-15(17(12)24-18)23-14-9-8-13(25(3,19)20)10-16(14)26(4,21)22/h5-10H,11H2,1-4H3. The molecule has 0 saturated carbocycles. The van der Waals surface area contributed by atoms with Gasteiger partial charge in [-0.15, -0.1) is 0 Å². The minimum Gasteiger partial charge on any atom is -0.483 e.